The molecule has 5 heteroatoms. The number of carbonyl (C=O) groups excluding carboxylic acids is 1. The van der Waals surface area contributed by atoms with Gasteiger partial charge in [-0.15, -0.1) is 0 Å². The van der Waals surface area contributed by atoms with Crippen molar-refractivity contribution in [2.75, 3.05) is 13.1 Å². The van der Waals surface area contributed by atoms with Crippen LogP contribution in [0, 0.1) is 12.8 Å². The van der Waals surface area contributed by atoms with E-state index in [1.807, 2.05) is 36.1 Å². The molecule has 1 saturated heterocycles. The van der Waals surface area contributed by atoms with E-state index < -0.39 is 0 Å². The van der Waals surface area contributed by atoms with Crippen LogP contribution in [0.2, 0.25) is 0 Å². The molecule has 1 aliphatic heterocycles. The van der Waals surface area contributed by atoms with Gasteiger partial charge in [0, 0.05) is 24.2 Å². The van der Waals surface area contributed by atoms with Crippen molar-refractivity contribution in [2.45, 2.75) is 26.7 Å². The average molecular weight is 284 g/mol. The maximum Gasteiger partial charge on any atom is 0.253 e. The molecule has 21 heavy (non-hydrogen) atoms. The molecule has 0 spiro atoms. The number of amides is 1. The lowest BCUT2D eigenvalue weighted by Crippen LogP contribution is -2.39. The highest BCUT2D eigenvalue weighted by Gasteiger charge is 2.22. The highest BCUT2D eigenvalue weighted by atomic mass is 16.2. The van der Waals surface area contributed by atoms with E-state index in [0.717, 1.165) is 30.9 Å². The topological polar surface area (TPSA) is 61.9 Å². The van der Waals surface area contributed by atoms with Crippen molar-refractivity contribution in [1.29, 1.82) is 0 Å². The molecular weight excluding hydrogens is 264 g/mol. The zero-order chi connectivity index (χ0) is 14.8. The maximum absolute atomic E-state index is 12.6. The van der Waals surface area contributed by atoms with Gasteiger partial charge in [-0.25, -0.2) is 4.98 Å². The van der Waals surface area contributed by atoms with Crippen molar-refractivity contribution < 1.29 is 4.79 Å². The average Bonchev–Trinajstić information content (AvgIpc) is 2.93. The second kappa shape index (κ2) is 5.68. The Morgan fingerprint density at radius 2 is 2.29 bits per heavy atom. The van der Waals surface area contributed by atoms with Gasteiger partial charge < -0.3 is 4.90 Å². The number of hydrogen-bond acceptors (Lipinski definition) is 3. The van der Waals surface area contributed by atoms with Crippen LogP contribution in [0.15, 0.2) is 24.3 Å². The molecule has 0 saturated carbocycles. The molecule has 0 radical (unpaired) electrons. The van der Waals surface area contributed by atoms with Crippen molar-refractivity contribution in [3.05, 3.63) is 35.7 Å². The van der Waals surface area contributed by atoms with E-state index in [9.17, 15) is 4.79 Å². The van der Waals surface area contributed by atoms with Gasteiger partial charge in [0.2, 0.25) is 0 Å². The molecule has 1 aliphatic rings. The Labute approximate surface area is 124 Å². The second-order valence-electron chi connectivity index (χ2n) is 5.82. The van der Waals surface area contributed by atoms with Gasteiger partial charge in [0.15, 0.2) is 5.82 Å². The van der Waals surface area contributed by atoms with Crippen LogP contribution in [0.25, 0.3) is 11.4 Å². The number of hydrogen-bond donors (Lipinski definition) is 1. The minimum Gasteiger partial charge on any atom is -0.338 e. The van der Waals surface area contributed by atoms with Gasteiger partial charge in [0.05, 0.1) is 0 Å². The van der Waals surface area contributed by atoms with Crippen molar-refractivity contribution in [3.8, 4) is 11.4 Å². The number of H-pyrrole nitrogens is 1. The molecule has 1 aromatic heterocycles. The third-order valence-electron chi connectivity index (χ3n) is 3.91. The van der Waals surface area contributed by atoms with E-state index in [4.69, 9.17) is 0 Å². The summed E-state index contributed by atoms with van der Waals surface area (Å²) in [6.45, 7) is 5.77. The van der Waals surface area contributed by atoms with Gasteiger partial charge in [0.25, 0.3) is 5.91 Å². The fraction of sp³-hybridized carbons (Fsp3) is 0.438. The second-order valence-corrected chi connectivity index (χ2v) is 5.82. The maximum atomic E-state index is 12.6. The van der Waals surface area contributed by atoms with Crippen LogP contribution in [0.3, 0.4) is 0 Å². The summed E-state index contributed by atoms with van der Waals surface area (Å²) in [6, 6.07) is 7.56. The summed E-state index contributed by atoms with van der Waals surface area (Å²) in [5.74, 6) is 2.10. The fourth-order valence-electron chi connectivity index (χ4n) is 2.82. The molecule has 1 atom stereocenters. The highest BCUT2D eigenvalue weighted by Crippen LogP contribution is 2.21. The van der Waals surface area contributed by atoms with Crippen LogP contribution in [-0.4, -0.2) is 39.1 Å². The van der Waals surface area contributed by atoms with Gasteiger partial charge in [-0.1, -0.05) is 19.1 Å². The number of nitrogens with one attached hydrogen (secondary N) is 1. The number of rotatable bonds is 2. The van der Waals surface area contributed by atoms with Crippen LogP contribution in [0.1, 0.15) is 35.9 Å². The molecule has 2 aromatic rings. The van der Waals surface area contributed by atoms with Crippen molar-refractivity contribution >= 4 is 5.91 Å². The van der Waals surface area contributed by atoms with Crippen LogP contribution in [0.4, 0.5) is 0 Å². The normalized spacial score (nSPS) is 18.8. The molecular formula is C16H20N4O. The largest absolute Gasteiger partial charge is 0.338 e. The molecule has 110 valence electrons. The van der Waals surface area contributed by atoms with Crippen LogP contribution in [-0.2, 0) is 0 Å². The fourth-order valence-corrected chi connectivity index (χ4v) is 2.82. The van der Waals surface area contributed by atoms with E-state index in [1.165, 1.54) is 6.42 Å². The molecule has 0 aliphatic carbocycles. The van der Waals surface area contributed by atoms with Gasteiger partial charge in [-0.3, -0.25) is 9.89 Å². The minimum absolute atomic E-state index is 0.107. The van der Waals surface area contributed by atoms with E-state index in [1.54, 1.807) is 0 Å². The van der Waals surface area contributed by atoms with Gasteiger partial charge in [-0.05, 0) is 37.8 Å². The molecule has 3 rings (SSSR count). The summed E-state index contributed by atoms with van der Waals surface area (Å²) in [5.41, 5.74) is 1.58. The number of aromatic nitrogens is 3. The summed E-state index contributed by atoms with van der Waals surface area (Å²) in [4.78, 5) is 18.9. The monoisotopic (exact) mass is 284 g/mol. The summed E-state index contributed by atoms with van der Waals surface area (Å²) in [5, 5.41) is 6.98. The van der Waals surface area contributed by atoms with E-state index in [0.29, 0.717) is 17.3 Å². The standard InChI is InChI=1S/C16H20N4O/c1-11-5-4-8-20(10-11)16(21)14-7-3-6-13(9-14)15-17-12(2)18-19-15/h3,6-7,9,11H,4-5,8,10H2,1-2H3,(H,17,18,19)/t11-/m1/s1. The predicted octanol–water partition coefficient (Wildman–Crippen LogP) is 2.65. The van der Waals surface area contributed by atoms with Crippen molar-refractivity contribution in [1.82, 2.24) is 20.1 Å². The van der Waals surface area contributed by atoms with Gasteiger partial charge in [-0.2, -0.15) is 5.10 Å². The quantitative estimate of drug-likeness (QED) is 0.922. The van der Waals surface area contributed by atoms with E-state index in [-0.39, 0.29) is 5.91 Å². The molecule has 0 unspecified atom stereocenters. The van der Waals surface area contributed by atoms with Crippen molar-refractivity contribution in [2.24, 2.45) is 5.92 Å². The van der Waals surface area contributed by atoms with Gasteiger partial charge in [0.1, 0.15) is 5.82 Å². The number of piperidine rings is 1. The zero-order valence-electron chi connectivity index (χ0n) is 12.5. The Kier molecular flexibility index (Phi) is 3.73. The zero-order valence-corrected chi connectivity index (χ0v) is 12.5. The summed E-state index contributed by atoms with van der Waals surface area (Å²) in [6.07, 6.45) is 2.30. The van der Waals surface area contributed by atoms with Crippen LogP contribution >= 0.6 is 0 Å². The highest BCUT2D eigenvalue weighted by molar-refractivity contribution is 5.95. The number of carbonyl (C=O) groups is 1. The molecule has 1 fully saturated rings. The first-order valence-electron chi connectivity index (χ1n) is 7.42. The lowest BCUT2D eigenvalue weighted by molar-refractivity contribution is 0.0683. The number of aromatic amines is 1. The Hall–Kier alpha value is -2.17. The first kappa shape index (κ1) is 13.8. The smallest absolute Gasteiger partial charge is 0.253 e. The third-order valence-corrected chi connectivity index (χ3v) is 3.91. The Balaban J connectivity index is 1.84. The predicted molar refractivity (Wildman–Crippen MR) is 80.9 cm³/mol. The number of nitrogens with zero attached hydrogens (tertiary/aromatic N) is 3. The molecule has 1 amide bonds. The Bertz CT molecular complexity index is 649. The molecule has 0 bridgehead atoms. The minimum atomic E-state index is 0.107. The molecule has 2 heterocycles. The lowest BCUT2D eigenvalue weighted by atomic mass is 9.99. The van der Waals surface area contributed by atoms with Crippen LogP contribution < -0.4 is 0 Å². The number of aryl methyl sites for hydroxylation is 1. The molecule has 1 N–H and O–H groups in total. The van der Waals surface area contributed by atoms with Gasteiger partial charge >= 0.3 is 0 Å². The third kappa shape index (κ3) is 2.96. The summed E-state index contributed by atoms with van der Waals surface area (Å²) in [7, 11) is 0. The van der Waals surface area contributed by atoms with Crippen LogP contribution in [0.5, 0.6) is 0 Å². The summed E-state index contributed by atoms with van der Waals surface area (Å²) < 4.78 is 0. The number of benzene rings is 1. The van der Waals surface area contributed by atoms with E-state index in [2.05, 4.69) is 22.1 Å². The molecule has 1 aromatic carbocycles. The number of likely N-dealkylation sites (tertiary alicyclic amines) is 1. The first-order chi connectivity index (χ1) is 10.1. The Morgan fingerprint density at radius 1 is 1.43 bits per heavy atom. The SMILES string of the molecule is Cc1nc(-c2cccc(C(=O)N3CCC[C@@H](C)C3)c2)n[nH]1. The van der Waals surface area contributed by atoms with Crippen molar-refractivity contribution in [3.63, 3.8) is 0 Å². The molecule has 5 nitrogen and oxygen atoms in total. The lowest BCUT2D eigenvalue weighted by Gasteiger charge is -2.31. The first-order valence-corrected chi connectivity index (χ1v) is 7.42. The van der Waals surface area contributed by atoms with E-state index >= 15 is 0 Å². The Morgan fingerprint density at radius 3 is 3.00 bits per heavy atom. The summed E-state index contributed by atoms with van der Waals surface area (Å²) >= 11 is 0.